The van der Waals surface area contributed by atoms with Gasteiger partial charge in [-0.05, 0) is 68.4 Å². The van der Waals surface area contributed by atoms with Crippen LogP contribution in [0.1, 0.15) is 12.5 Å². The van der Waals surface area contributed by atoms with Crippen molar-refractivity contribution in [3.63, 3.8) is 0 Å². The number of hydrogen-bond donors (Lipinski definition) is 1. The lowest BCUT2D eigenvalue weighted by Crippen LogP contribution is -2.30. The molecule has 0 saturated heterocycles. The molecule has 0 aliphatic heterocycles. The first-order chi connectivity index (χ1) is 15.2. The van der Waals surface area contributed by atoms with Gasteiger partial charge >= 0.3 is 0 Å². The zero-order valence-corrected chi connectivity index (χ0v) is 19.8. The standard InChI is InChI=1S/C23H22Cl2N2O4S/c1-3-27(32(29,30)20-11-4-16(2)5-12-20)18-7-9-19(10-8-18)31-15-23(28)26-22-13-6-17(24)14-21(22)25/h4-14H,3,15H2,1-2H3,(H,26,28). The third-order valence-corrected chi connectivity index (χ3v) is 7.06. The first-order valence-corrected chi connectivity index (χ1v) is 12.0. The molecule has 9 heteroatoms. The van der Waals surface area contributed by atoms with E-state index >= 15 is 0 Å². The Morgan fingerprint density at radius 3 is 2.25 bits per heavy atom. The molecule has 0 atom stereocenters. The van der Waals surface area contributed by atoms with Crippen molar-refractivity contribution in [1.29, 1.82) is 0 Å². The highest BCUT2D eigenvalue weighted by Gasteiger charge is 2.23. The van der Waals surface area contributed by atoms with E-state index in [0.717, 1.165) is 5.56 Å². The first-order valence-electron chi connectivity index (χ1n) is 9.78. The molecule has 0 spiro atoms. The van der Waals surface area contributed by atoms with Crippen molar-refractivity contribution in [3.8, 4) is 5.75 Å². The molecular weight excluding hydrogens is 471 g/mol. The van der Waals surface area contributed by atoms with Crippen LogP contribution in [0.4, 0.5) is 11.4 Å². The summed E-state index contributed by atoms with van der Waals surface area (Å²) in [6.45, 7) is 3.69. The number of sulfonamides is 1. The second-order valence-corrected chi connectivity index (χ2v) is 9.64. The number of nitrogens with one attached hydrogen (secondary N) is 1. The SMILES string of the molecule is CCN(c1ccc(OCC(=O)Nc2ccc(Cl)cc2Cl)cc1)S(=O)(=O)c1ccc(C)cc1. The number of benzene rings is 3. The number of amides is 1. The van der Waals surface area contributed by atoms with Crippen LogP contribution in [0.3, 0.4) is 0 Å². The highest BCUT2D eigenvalue weighted by atomic mass is 35.5. The predicted octanol–water partition coefficient (Wildman–Crippen LogP) is 5.53. The van der Waals surface area contributed by atoms with Crippen molar-refractivity contribution in [3.05, 3.63) is 82.3 Å². The van der Waals surface area contributed by atoms with Crippen molar-refractivity contribution in [2.75, 3.05) is 22.8 Å². The van der Waals surface area contributed by atoms with Crippen LogP contribution in [0, 0.1) is 6.92 Å². The largest absolute Gasteiger partial charge is 0.484 e. The average Bonchev–Trinajstić information content (AvgIpc) is 2.76. The Balaban J connectivity index is 1.65. The highest BCUT2D eigenvalue weighted by Crippen LogP contribution is 2.27. The lowest BCUT2D eigenvalue weighted by Gasteiger charge is -2.23. The highest BCUT2D eigenvalue weighted by molar-refractivity contribution is 7.92. The molecule has 1 N–H and O–H groups in total. The van der Waals surface area contributed by atoms with Crippen LogP contribution in [0.25, 0.3) is 0 Å². The second-order valence-electron chi connectivity index (χ2n) is 6.94. The number of ether oxygens (including phenoxy) is 1. The van der Waals surface area contributed by atoms with Gasteiger partial charge in [0.2, 0.25) is 0 Å². The summed E-state index contributed by atoms with van der Waals surface area (Å²) in [4.78, 5) is 12.4. The maximum absolute atomic E-state index is 13.0. The van der Waals surface area contributed by atoms with Gasteiger partial charge in [0, 0.05) is 11.6 Å². The summed E-state index contributed by atoms with van der Waals surface area (Å²) in [6, 6.07) is 18.0. The molecular formula is C23H22Cl2N2O4S. The maximum Gasteiger partial charge on any atom is 0.264 e. The van der Waals surface area contributed by atoms with Crippen LogP contribution >= 0.6 is 23.2 Å². The van der Waals surface area contributed by atoms with Crippen molar-refractivity contribution in [2.45, 2.75) is 18.7 Å². The summed E-state index contributed by atoms with van der Waals surface area (Å²) in [5.41, 5.74) is 1.91. The molecule has 0 radical (unpaired) electrons. The summed E-state index contributed by atoms with van der Waals surface area (Å²) in [7, 11) is -3.69. The van der Waals surface area contributed by atoms with Gasteiger partial charge in [0.25, 0.3) is 15.9 Å². The number of halogens is 2. The fourth-order valence-corrected chi connectivity index (χ4v) is 4.89. The molecule has 32 heavy (non-hydrogen) atoms. The molecule has 0 saturated carbocycles. The topological polar surface area (TPSA) is 75.7 Å². The summed E-state index contributed by atoms with van der Waals surface area (Å²) < 4.78 is 32.9. The van der Waals surface area contributed by atoms with Gasteiger partial charge in [0.05, 0.1) is 21.3 Å². The molecule has 3 rings (SSSR count). The third-order valence-electron chi connectivity index (χ3n) is 4.60. The molecule has 3 aromatic carbocycles. The van der Waals surface area contributed by atoms with E-state index in [1.165, 1.54) is 10.4 Å². The Kier molecular flexibility index (Phi) is 7.66. The van der Waals surface area contributed by atoms with Gasteiger partial charge < -0.3 is 10.1 Å². The molecule has 0 aromatic heterocycles. The molecule has 0 bridgehead atoms. The fraction of sp³-hybridized carbons (Fsp3) is 0.174. The van der Waals surface area contributed by atoms with Crippen LogP contribution in [0.15, 0.2) is 71.6 Å². The monoisotopic (exact) mass is 492 g/mol. The number of anilines is 2. The Morgan fingerprint density at radius 1 is 1.00 bits per heavy atom. The summed E-state index contributed by atoms with van der Waals surface area (Å²) in [5, 5.41) is 3.44. The fourth-order valence-electron chi connectivity index (χ4n) is 2.96. The van der Waals surface area contributed by atoms with E-state index in [2.05, 4.69) is 5.32 Å². The summed E-state index contributed by atoms with van der Waals surface area (Å²) in [5.74, 6) is 0.0327. The van der Waals surface area contributed by atoms with E-state index in [1.807, 2.05) is 6.92 Å². The lowest BCUT2D eigenvalue weighted by atomic mass is 10.2. The van der Waals surface area contributed by atoms with Gasteiger partial charge in [-0.3, -0.25) is 9.10 Å². The molecule has 0 heterocycles. The molecule has 3 aromatic rings. The first kappa shape index (κ1) is 23.9. The molecule has 0 aliphatic carbocycles. The zero-order valence-electron chi connectivity index (χ0n) is 17.5. The van der Waals surface area contributed by atoms with E-state index in [4.69, 9.17) is 27.9 Å². The quantitative estimate of drug-likeness (QED) is 0.448. The predicted molar refractivity (Wildman–Crippen MR) is 128 cm³/mol. The minimum atomic E-state index is -3.69. The van der Waals surface area contributed by atoms with Crippen molar-refractivity contribution >= 4 is 50.5 Å². The molecule has 0 unspecified atom stereocenters. The Bertz CT molecular complexity index is 1200. The number of nitrogens with zero attached hydrogens (tertiary/aromatic N) is 1. The Morgan fingerprint density at radius 2 is 1.66 bits per heavy atom. The Labute approximate surface area is 197 Å². The second kappa shape index (κ2) is 10.3. The van der Waals surface area contributed by atoms with Crippen LogP contribution in [0.2, 0.25) is 10.0 Å². The summed E-state index contributed by atoms with van der Waals surface area (Å²) in [6.07, 6.45) is 0. The molecule has 6 nitrogen and oxygen atoms in total. The number of carbonyl (C=O) groups excluding carboxylic acids is 1. The molecule has 0 fully saturated rings. The van der Waals surface area contributed by atoms with E-state index in [9.17, 15) is 13.2 Å². The van der Waals surface area contributed by atoms with Crippen LogP contribution in [-0.2, 0) is 14.8 Å². The van der Waals surface area contributed by atoms with Gasteiger partial charge in [0.1, 0.15) is 5.75 Å². The van der Waals surface area contributed by atoms with E-state index in [0.29, 0.717) is 27.2 Å². The zero-order chi connectivity index (χ0) is 23.3. The number of aryl methyl sites for hydroxylation is 1. The third kappa shape index (κ3) is 5.73. The van der Waals surface area contributed by atoms with E-state index in [-0.39, 0.29) is 18.0 Å². The summed E-state index contributed by atoms with van der Waals surface area (Å²) >= 11 is 11.9. The van der Waals surface area contributed by atoms with Crippen LogP contribution < -0.4 is 14.4 Å². The number of hydrogen-bond acceptors (Lipinski definition) is 4. The normalized spacial score (nSPS) is 11.1. The number of rotatable bonds is 8. The maximum atomic E-state index is 13.0. The minimum absolute atomic E-state index is 0.225. The van der Waals surface area contributed by atoms with Crippen LogP contribution in [0.5, 0.6) is 5.75 Å². The number of carbonyl (C=O) groups is 1. The molecule has 0 aliphatic rings. The van der Waals surface area contributed by atoms with Crippen molar-refractivity contribution in [1.82, 2.24) is 0 Å². The average molecular weight is 493 g/mol. The lowest BCUT2D eigenvalue weighted by molar-refractivity contribution is -0.118. The van der Waals surface area contributed by atoms with Crippen LogP contribution in [-0.4, -0.2) is 27.5 Å². The van der Waals surface area contributed by atoms with Gasteiger partial charge in [-0.25, -0.2) is 8.42 Å². The van der Waals surface area contributed by atoms with Gasteiger partial charge in [-0.15, -0.1) is 0 Å². The molecule has 168 valence electrons. The smallest absolute Gasteiger partial charge is 0.264 e. The van der Waals surface area contributed by atoms with E-state index < -0.39 is 15.9 Å². The minimum Gasteiger partial charge on any atom is -0.484 e. The Hall–Kier alpha value is -2.74. The van der Waals surface area contributed by atoms with Gasteiger partial charge in [-0.1, -0.05) is 40.9 Å². The van der Waals surface area contributed by atoms with Gasteiger partial charge in [0.15, 0.2) is 6.61 Å². The van der Waals surface area contributed by atoms with E-state index in [1.54, 1.807) is 67.6 Å². The van der Waals surface area contributed by atoms with Gasteiger partial charge in [-0.2, -0.15) is 0 Å². The van der Waals surface area contributed by atoms with Crippen molar-refractivity contribution in [2.24, 2.45) is 0 Å². The van der Waals surface area contributed by atoms with Crippen molar-refractivity contribution < 1.29 is 17.9 Å². The molecule has 1 amide bonds.